The van der Waals surface area contributed by atoms with Crippen LogP contribution in [0.1, 0.15) is 53.8 Å². The van der Waals surface area contributed by atoms with Crippen molar-refractivity contribution < 1.29 is 13.9 Å². The fourth-order valence-corrected chi connectivity index (χ4v) is 3.05. The normalized spacial score (nSPS) is 11.3. The summed E-state index contributed by atoms with van der Waals surface area (Å²) in [6.07, 6.45) is 0.667. The highest BCUT2D eigenvalue weighted by Crippen LogP contribution is 2.26. The molecule has 3 rings (SSSR count). The minimum atomic E-state index is -0.229. The average molecular weight is 392 g/mol. The summed E-state index contributed by atoms with van der Waals surface area (Å²) in [5, 5.41) is 2.83. The van der Waals surface area contributed by atoms with Crippen LogP contribution in [0.4, 0.5) is 0 Å². The Morgan fingerprint density at radius 2 is 1.79 bits per heavy atom. The summed E-state index contributed by atoms with van der Waals surface area (Å²) in [5.74, 6) is 1.66. The van der Waals surface area contributed by atoms with Gasteiger partial charge in [0.05, 0.1) is 6.54 Å². The van der Waals surface area contributed by atoms with E-state index >= 15 is 0 Å². The van der Waals surface area contributed by atoms with Gasteiger partial charge in [-0.3, -0.25) is 4.79 Å². The summed E-state index contributed by atoms with van der Waals surface area (Å²) in [6.45, 7) is 9.54. The van der Waals surface area contributed by atoms with Gasteiger partial charge in [0.2, 0.25) is 0 Å². The molecule has 3 aromatic rings. The molecule has 29 heavy (non-hydrogen) atoms. The van der Waals surface area contributed by atoms with Gasteiger partial charge in [-0.1, -0.05) is 57.2 Å². The lowest BCUT2D eigenvalue weighted by atomic mass is 9.85. The van der Waals surface area contributed by atoms with Crippen LogP contribution in [-0.2, 0) is 11.8 Å². The molecule has 2 aromatic carbocycles. The highest BCUT2D eigenvalue weighted by atomic mass is 16.5. The van der Waals surface area contributed by atoms with E-state index in [1.165, 1.54) is 16.7 Å². The second-order valence-corrected chi connectivity index (χ2v) is 8.25. The number of rotatable bonds is 7. The number of amides is 1. The third-order valence-corrected chi connectivity index (χ3v) is 4.86. The summed E-state index contributed by atoms with van der Waals surface area (Å²) in [4.78, 5) is 12.3. The predicted molar refractivity (Wildman–Crippen MR) is 116 cm³/mol. The zero-order valence-corrected chi connectivity index (χ0v) is 17.6. The first kappa shape index (κ1) is 20.7. The summed E-state index contributed by atoms with van der Waals surface area (Å²) in [7, 11) is 0. The van der Waals surface area contributed by atoms with E-state index in [0.717, 1.165) is 11.5 Å². The van der Waals surface area contributed by atoms with Crippen LogP contribution in [0.3, 0.4) is 0 Å². The van der Waals surface area contributed by atoms with Gasteiger partial charge in [-0.2, -0.15) is 0 Å². The molecule has 0 spiro atoms. The van der Waals surface area contributed by atoms with Crippen LogP contribution in [0.2, 0.25) is 0 Å². The van der Waals surface area contributed by atoms with E-state index in [-0.39, 0.29) is 11.3 Å². The van der Waals surface area contributed by atoms with E-state index in [1.807, 2.05) is 36.4 Å². The highest BCUT2D eigenvalue weighted by Gasteiger charge is 2.16. The van der Waals surface area contributed by atoms with Gasteiger partial charge in [0.25, 0.3) is 5.91 Å². The van der Waals surface area contributed by atoms with Crippen molar-refractivity contribution >= 4 is 5.91 Å². The van der Waals surface area contributed by atoms with Crippen LogP contribution in [0.25, 0.3) is 0 Å². The zero-order chi connectivity index (χ0) is 20.9. The first-order chi connectivity index (χ1) is 13.8. The number of ether oxygens (including phenoxy) is 1. The molecule has 0 bridgehead atoms. The number of hydrogen-bond acceptors (Lipinski definition) is 3. The summed E-state index contributed by atoms with van der Waals surface area (Å²) in [6, 6.07) is 19.7. The minimum absolute atomic E-state index is 0.0957. The van der Waals surface area contributed by atoms with Crippen molar-refractivity contribution in [1.29, 1.82) is 0 Å². The van der Waals surface area contributed by atoms with Crippen molar-refractivity contribution in [3.63, 3.8) is 0 Å². The number of para-hydroxylation sites is 1. The molecule has 1 aromatic heterocycles. The minimum Gasteiger partial charge on any atom is -0.492 e. The van der Waals surface area contributed by atoms with Gasteiger partial charge in [-0.05, 0) is 53.3 Å². The average Bonchev–Trinajstić information content (AvgIpc) is 3.15. The van der Waals surface area contributed by atoms with E-state index in [1.54, 1.807) is 6.07 Å². The van der Waals surface area contributed by atoms with Crippen LogP contribution in [-0.4, -0.2) is 19.1 Å². The second-order valence-electron chi connectivity index (χ2n) is 8.25. The molecule has 4 heteroatoms. The lowest BCUT2D eigenvalue weighted by Crippen LogP contribution is -2.27. The molecular formula is C25H29NO3. The van der Waals surface area contributed by atoms with Crippen LogP contribution < -0.4 is 10.1 Å². The maximum absolute atomic E-state index is 12.3. The molecule has 0 aliphatic rings. The van der Waals surface area contributed by atoms with E-state index in [4.69, 9.17) is 9.15 Å². The molecule has 0 aliphatic carbocycles. The predicted octanol–water partition coefficient (Wildman–Crippen LogP) is 5.29. The van der Waals surface area contributed by atoms with E-state index in [0.29, 0.717) is 25.3 Å². The van der Waals surface area contributed by atoms with Gasteiger partial charge in [0.1, 0.15) is 18.1 Å². The van der Waals surface area contributed by atoms with Crippen molar-refractivity contribution in [2.45, 2.75) is 39.5 Å². The van der Waals surface area contributed by atoms with E-state index < -0.39 is 0 Å². The Bertz CT molecular complexity index is 952. The standard InChI is InChI=1S/C25H29NO3/c1-18-10-11-20(25(2,3)4)16-19(18)17-22-12-13-23(29-22)24(27)26-14-15-28-21-8-6-5-7-9-21/h5-13,16H,14-15,17H2,1-4H3,(H,26,27). The van der Waals surface area contributed by atoms with Gasteiger partial charge >= 0.3 is 0 Å². The Kier molecular flexibility index (Phi) is 6.42. The summed E-state index contributed by atoms with van der Waals surface area (Å²) >= 11 is 0. The fourth-order valence-electron chi connectivity index (χ4n) is 3.05. The molecule has 1 heterocycles. The molecule has 152 valence electrons. The van der Waals surface area contributed by atoms with Crippen LogP contribution in [0, 0.1) is 6.92 Å². The van der Waals surface area contributed by atoms with Gasteiger partial charge in [0, 0.05) is 6.42 Å². The second kappa shape index (κ2) is 8.99. The summed E-state index contributed by atoms with van der Waals surface area (Å²) < 4.78 is 11.4. The maximum atomic E-state index is 12.3. The summed E-state index contributed by atoms with van der Waals surface area (Å²) in [5.41, 5.74) is 3.83. The van der Waals surface area contributed by atoms with Gasteiger partial charge in [-0.25, -0.2) is 0 Å². The SMILES string of the molecule is Cc1ccc(C(C)(C)C)cc1Cc1ccc(C(=O)NCCOc2ccccc2)o1. The number of carbonyl (C=O) groups excluding carboxylic acids is 1. The monoisotopic (exact) mass is 391 g/mol. The number of furan rings is 1. The molecule has 0 unspecified atom stereocenters. The molecule has 4 nitrogen and oxygen atoms in total. The van der Waals surface area contributed by atoms with Crippen molar-refractivity contribution in [3.05, 3.63) is 88.9 Å². The quantitative estimate of drug-likeness (QED) is 0.557. The van der Waals surface area contributed by atoms with Crippen LogP contribution in [0.5, 0.6) is 5.75 Å². The highest BCUT2D eigenvalue weighted by molar-refractivity contribution is 5.91. The molecule has 1 amide bonds. The number of carbonyl (C=O) groups is 1. The largest absolute Gasteiger partial charge is 0.492 e. The lowest BCUT2D eigenvalue weighted by Gasteiger charge is -2.20. The third kappa shape index (κ3) is 5.74. The van der Waals surface area contributed by atoms with Crippen LogP contribution in [0.15, 0.2) is 65.1 Å². The first-order valence-electron chi connectivity index (χ1n) is 9.98. The molecular weight excluding hydrogens is 362 g/mol. The fraction of sp³-hybridized carbons (Fsp3) is 0.320. The van der Waals surface area contributed by atoms with Gasteiger partial charge in [0.15, 0.2) is 5.76 Å². The Morgan fingerprint density at radius 3 is 2.52 bits per heavy atom. The number of aryl methyl sites for hydroxylation is 1. The first-order valence-corrected chi connectivity index (χ1v) is 9.98. The number of benzene rings is 2. The molecule has 0 atom stereocenters. The van der Waals surface area contributed by atoms with Crippen molar-refractivity contribution in [1.82, 2.24) is 5.32 Å². The Balaban J connectivity index is 1.56. The van der Waals surface area contributed by atoms with Crippen LogP contribution >= 0.6 is 0 Å². The molecule has 0 saturated heterocycles. The number of hydrogen-bond donors (Lipinski definition) is 1. The maximum Gasteiger partial charge on any atom is 0.287 e. The molecule has 0 saturated carbocycles. The zero-order valence-electron chi connectivity index (χ0n) is 17.6. The molecule has 0 aliphatic heterocycles. The third-order valence-electron chi connectivity index (χ3n) is 4.86. The molecule has 1 N–H and O–H groups in total. The molecule has 0 fully saturated rings. The Hall–Kier alpha value is -3.01. The van der Waals surface area contributed by atoms with Crippen molar-refractivity contribution in [2.24, 2.45) is 0 Å². The number of nitrogens with one attached hydrogen (secondary N) is 1. The smallest absolute Gasteiger partial charge is 0.287 e. The lowest BCUT2D eigenvalue weighted by molar-refractivity contribution is 0.0917. The van der Waals surface area contributed by atoms with E-state index in [2.05, 4.69) is 51.2 Å². The molecule has 0 radical (unpaired) electrons. The van der Waals surface area contributed by atoms with E-state index in [9.17, 15) is 4.79 Å². The Morgan fingerprint density at radius 1 is 1.03 bits per heavy atom. The van der Waals surface area contributed by atoms with Crippen molar-refractivity contribution in [3.8, 4) is 5.75 Å². The van der Waals surface area contributed by atoms with Gasteiger partial charge in [-0.15, -0.1) is 0 Å². The van der Waals surface area contributed by atoms with Crippen molar-refractivity contribution in [2.75, 3.05) is 13.2 Å². The topological polar surface area (TPSA) is 51.5 Å². The Labute approximate surface area is 172 Å². The van der Waals surface area contributed by atoms with Gasteiger partial charge < -0.3 is 14.5 Å².